The van der Waals surface area contributed by atoms with E-state index in [2.05, 4.69) is 4.98 Å². The Morgan fingerprint density at radius 2 is 2.12 bits per heavy atom. The summed E-state index contributed by atoms with van der Waals surface area (Å²) in [5.41, 5.74) is 4.39. The molecule has 0 aliphatic rings. The lowest BCUT2D eigenvalue weighted by molar-refractivity contribution is -0.137. The van der Waals surface area contributed by atoms with Gasteiger partial charge in [0.1, 0.15) is 12.4 Å². The van der Waals surface area contributed by atoms with Gasteiger partial charge in [-0.2, -0.15) is 18.2 Å². The number of pyridine rings is 1. The average Bonchev–Trinajstić information content (AvgIpc) is 2.16. The summed E-state index contributed by atoms with van der Waals surface area (Å²) >= 11 is 0. The topological polar surface area (TPSA) is 48.1 Å². The fourth-order valence-corrected chi connectivity index (χ4v) is 0.993. The van der Waals surface area contributed by atoms with Gasteiger partial charge in [-0.25, -0.2) is 0 Å². The Balaban J connectivity index is 2.90. The van der Waals surface area contributed by atoms with Crippen molar-refractivity contribution < 1.29 is 17.9 Å². The number of anilines is 1. The third-order valence-electron chi connectivity index (χ3n) is 1.71. The molecule has 0 amide bonds. The van der Waals surface area contributed by atoms with Gasteiger partial charge in [0, 0.05) is 6.07 Å². The molecule has 2 N–H and O–H groups in total. The van der Waals surface area contributed by atoms with Crippen molar-refractivity contribution in [3.05, 3.63) is 29.8 Å². The first-order valence-electron chi connectivity index (χ1n) is 4.52. The summed E-state index contributed by atoms with van der Waals surface area (Å²) in [6, 6.07) is 1.59. The first kappa shape index (κ1) is 12.4. The van der Waals surface area contributed by atoms with Crippen molar-refractivity contribution in [3.8, 4) is 5.88 Å². The highest BCUT2D eigenvalue weighted by Gasteiger charge is 2.31. The molecular weight excluding hydrogens is 221 g/mol. The predicted octanol–water partition coefficient (Wildman–Crippen LogP) is 2.64. The van der Waals surface area contributed by atoms with E-state index in [-0.39, 0.29) is 18.3 Å². The van der Waals surface area contributed by atoms with Crippen molar-refractivity contribution in [1.82, 2.24) is 4.98 Å². The summed E-state index contributed by atoms with van der Waals surface area (Å²) in [4.78, 5) is 3.64. The molecule has 6 heteroatoms. The lowest BCUT2D eigenvalue weighted by atomic mass is 10.2. The number of hydrogen-bond donors (Lipinski definition) is 1. The van der Waals surface area contributed by atoms with Crippen molar-refractivity contribution in [2.75, 3.05) is 12.3 Å². The number of rotatable bonds is 3. The van der Waals surface area contributed by atoms with Crippen LogP contribution in [0.2, 0.25) is 0 Å². The molecule has 0 bridgehead atoms. The maximum absolute atomic E-state index is 12.4. The molecule has 88 valence electrons. The van der Waals surface area contributed by atoms with Crippen LogP contribution in [-0.2, 0) is 6.18 Å². The number of alkyl halides is 3. The zero-order valence-electron chi connectivity index (χ0n) is 8.58. The van der Waals surface area contributed by atoms with Crippen molar-refractivity contribution in [2.45, 2.75) is 13.1 Å². The zero-order valence-corrected chi connectivity index (χ0v) is 8.58. The molecule has 0 aliphatic carbocycles. The van der Waals surface area contributed by atoms with Gasteiger partial charge in [0.25, 0.3) is 0 Å². The number of hydrogen-bond acceptors (Lipinski definition) is 3. The second kappa shape index (κ2) is 4.87. The van der Waals surface area contributed by atoms with Gasteiger partial charge in [0.2, 0.25) is 5.88 Å². The monoisotopic (exact) mass is 232 g/mol. The third-order valence-corrected chi connectivity index (χ3v) is 1.71. The predicted molar refractivity (Wildman–Crippen MR) is 54.0 cm³/mol. The van der Waals surface area contributed by atoms with Crippen LogP contribution in [-0.4, -0.2) is 11.6 Å². The molecule has 0 fully saturated rings. The maximum Gasteiger partial charge on any atom is 0.416 e. The van der Waals surface area contributed by atoms with Gasteiger partial charge in [0.15, 0.2) is 0 Å². The standard InChI is InChI=1S/C10H11F3N2O/c1-2-3-4-16-9-6-7(10(11,12)13)5-8(14)15-9/h2-3,5-6H,4H2,1H3,(H2,14,15)/b3-2+. The molecule has 1 heterocycles. The summed E-state index contributed by atoms with van der Waals surface area (Å²) in [5.74, 6) is -0.351. The Bertz CT molecular complexity index is 388. The molecule has 1 rings (SSSR count). The molecular formula is C10H11F3N2O. The number of aromatic nitrogens is 1. The minimum absolute atomic E-state index is 0.134. The van der Waals surface area contributed by atoms with Crippen molar-refractivity contribution >= 4 is 5.82 Å². The molecule has 1 aromatic rings. The van der Waals surface area contributed by atoms with Crippen LogP contribution in [0.3, 0.4) is 0 Å². The van der Waals surface area contributed by atoms with Gasteiger partial charge in [-0.3, -0.25) is 0 Å². The first-order valence-corrected chi connectivity index (χ1v) is 4.52. The molecule has 0 atom stereocenters. The molecule has 0 saturated carbocycles. The van der Waals surface area contributed by atoms with Gasteiger partial charge < -0.3 is 10.5 Å². The van der Waals surface area contributed by atoms with E-state index in [0.717, 1.165) is 12.1 Å². The van der Waals surface area contributed by atoms with Gasteiger partial charge in [-0.15, -0.1) is 0 Å². The van der Waals surface area contributed by atoms with E-state index in [0.29, 0.717) is 0 Å². The van der Waals surface area contributed by atoms with Gasteiger partial charge >= 0.3 is 6.18 Å². The fourth-order valence-electron chi connectivity index (χ4n) is 0.993. The minimum Gasteiger partial charge on any atom is -0.473 e. The molecule has 0 spiro atoms. The Morgan fingerprint density at radius 1 is 1.44 bits per heavy atom. The van der Waals surface area contributed by atoms with E-state index in [4.69, 9.17) is 10.5 Å². The molecule has 0 aromatic carbocycles. The van der Waals surface area contributed by atoms with Crippen LogP contribution in [0.5, 0.6) is 5.88 Å². The quantitative estimate of drug-likeness (QED) is 0.815. The number of nitrogens with two attached hydrogens (primary N) is 1. The summed E-state index contributed by atoms with van der Waals surface area (Å²) in [6.45, 7) is 1.93. The lowest BCUT2D eigenvalue weighted by Gasteiger charge is -2.09. The summed E-state index contributed by atoms with van der Waals surface area (Å²) in [6.07, 6.45) is -1.08. The highest BCUT2D eigenvalue weighted by atomic mass is 19.4. The Labute approximate surface area is 90.7 Å². The summed E-state index contributed by atoms with van der Waals surface area (Å²) in [5, 5.41) is 0. The van der Waals surface area contributed by atoms with Gasteiger partial charge in [0.05, 0.1) is 5.56 Å². The van der Waals surface area contributed by atoms with Gasteiger partial charge in [-0.1, -0.05) is 12.2 Å². The van der Waals surface area contributed by atoms with Crippen LogP contribution < -0.4 is 10.5 Å². The van der Waals surface area contributed by atoms with Crippen molar-refractivity contribution in [1.29, 1.82) is 0 Å². The Kier molecular flexibility index (Phi) is 3.76. The first-order chi connectivity index (χ1) is 7.43. The largest absolute Gasteiger partial charge is 0.473 e. The highest BCUT2D eigenvalue weighted by molar-refractivity contribution is 5.38. The zero-order chi connectivity index (χ0) is 12.2. The van der Waals surface area contributed by atoms with Crippen molar-refractivity contribution in [2.24, 2.45) is 0 Å². The van der Waals surface area contributed by atoms with Crippen LogP contribution >= 0.6 is 0 Å². The number of nitrogens with zero attached hydrogens (tertiary/aromatic N) is 1. The van der Waals surface area contributed by atoms with E-state index in [1.165, 1.54) is 0 Å². The van der Waals surface area contributed by atoms with Gasteiger partial charge in [-0.05, 0) is 13.0 Å². The normalized spacial score (nSPS) is 12.0. The number of nitrogen functional groups attached to an aromatic ring is 1. The molecule has 3 nitrogen and oxygen atoms in total. The smallest absolute Gasteiger partial charge is 0.416 e. The number of ether oxygens (including phenoxy) is 1. The molecule has 0 unspecified atom stereocenters. The van der Waals surface area contributed by atoms with E-state index in [9.17, 15) is 13.2 Å². The van der Waals surface area contributed by atoms with Crippen LogP contribution in [0.25, 0.3) is 0 Å². The SMILES string of the molecule is C/C=C/COc1cc(C(F)(F)F)cc(N)n1. The fraction of sp³-hybridized carbons (Fsp3) is 0.300. The Hall–Kier alpha value is -1.72. The lowest BCUT2D eigenvalue weighted by Crippen LogP contribution is -2.08. The summed E-state index contributed by atoms with van der Waals surface area (Å²) in [7, 11) is 0. The van der Waals surface area contributed by atoms with Crippen LogP contribution in [0.15, 0.2) is 24.3 Å². The van der Waals surface area contributed by atoms with E-state index in [1.54, 1.807) is 19.1 Å². The Morgan fingerprint density at radius 3 is 2.69 bits per heavy atom. The molecule has 16 heavy (non-hydrogen) atoms. The minimum atomic E-state index is -4.45. The average molecular weight is 232 g/mol. The van der Waals surface area contributed by atoms with Crippen LogP contribution in [0.4, 0.5) is 19.0 Å². The summed E-state index contributed by atoms with van der Waals surface area (Å²) < 4.78 is 42.1. The van der Waals surface area contributed by atoms with Crippen molar-refractivity contribution in [3.63, 3.8) is 0 Å². The second-order valence-corrected chi connectivity index (χ2v) is 3.00. The number of allylic oxidation sites excluding steroid dienone is 1. The second-order valence-electron chi connectivity index (χ2n) is 3.00. The van der Waals surface area contributed by atoms with E-state index in [1.807, 2.05) is 0 Å². The highest BCUT2D eigenvalue weighted by Crippen LogP contribution is 2.31. The maximum atomic E-state index is 12.4. The molecule has 0 aliphatic heterocycles. The third kappa shape index (κ3) is 3.45. The number of halogens is 3. The molecule has 0 saturated heterocycles. The molecule has 1 aromatic heterocycles. The van der Waals surface area contributed by atoms with Crippen LogP contribution in [0, 0.1) is 0 Å². The van der Waals surface area contributed by atoms with E-state index < -0.39 is 11.7 Å². The van der Waals surface area contributed by atoms with Crippen LogP contribution in [0.1, 0.15) is 12.5 Å². The van der Waals surface area contributed by atoms with E-state index >= 15 is 0 Å². The molecule has 0 radical (unpaired) electrons.